The summed E-state index contributed by atoms with van der Waals surface area (Å²) in [5.74, 6) is 0. The lowest BCUT2D eigenvalue weighted by Gasteiger charge is -2.07. The average molecular weight is 306 g/mol. The van der Waals surface area contributed by atoms with E-state index < -0.39 is 6.09 Å². The lowest BCUT2D eigenvalue weighted by atomic mass is 10.2. The van der Waals surface area contributed by atoms with Crippen LogP contribution in [0.4, 0.5) is 10.5 Å². The molecular formula is C14H12BrNO2. The second-order valence-electron chi connectivity index (χ2n) is 3.70. The Hall–Kier alpha value is -1.81. The molecular weight excluding hydrogens is 294 g/mol. The van der Waals surface area contributed by atoms with Gasteiger partial charge in [0.2, 0.25) is 0 Å². The molecule has 0 aromatic heterocycles. The van der Waals surface area contributed by atoms with E-state index in [-0.39, 0.29) is 6.61 Å². The Morgan fingerprint density at radius 2 is 1.89 bits per heavy atom. The molecule has 0 fully saturated rings. The van der Waals surface area contributed by atoms with Gasteiger partial charge in [0.1, 0.15) is 6.61 Å². The number of anilines is 1. The van der Waals surface area contributed by atoms with Crippen molar-refractivity contribution in [3.8, 4) is 0 Å². The highest BCUT2D eigenvalue weighted by Crippen LogP contribution is 2.15. The maximum Gasteiger partial charge on any atom is 0.411 e. The van der Waals surface area contributed by atoms with Crippen LogP contribution in [0.15, 0.2) is 59.1 Å². The van der Waals surface area contributed by atoms with Crippen molar-refractivity contribution in [3.05, 3.63) is 64.6 Å². The van der Waals surface area contributed by atoms with Crippen LogP contribution in [0, 0.1) is 0 Å². The van der Waals surface area contributed by atoms with Gasteiger partial charge in [-0.25, -0.2) is 4.79 Å². The number of carbonyl (C=O) groups excluding carboxylic acids is 1. The summed E-state index contributed by atoms with van der Waals surface area (Å²) in [7, 11) is 0. The van der Waals surface area contributed by atoms with Crippen molar-refractivity contribution in [2.45, 2.75) is 6.61 Å². The minimum Gasteiger partial charge on any atom is -0.444 e. The summed E-state index contributed by atoms with van der Waals surface area (Å²) in [6, 6.07) is 16.9. The van der Waals surface area contributed by atoms with Crippen LogP contribution in [0.3, 0.4) is 0 Å². The van der Waals surface area contributed by atoms with E-state index in [2.05, 4.69) is 21.2 Å². The minimum absolute atomic E-state index is 0.265. The summed E-state index contributed by atoms with van der Waals surface area (Å²) in [4.78, 5) is 11.5. The summed E-state index contributed by atoms with van der Waals surface area (Å²) in [5.41, 5.74) is 1.66. The van der Waals surface area contributed by atoms with Gasteiger partial charge in [0.25, 0.3) is 0 Å². The van der Waals surface area contributed by atoms with Gasteiger partial charge in [0.15, 0.2) is 0 Å². The summed E-state index contributed by atoms with van der Waals surface area (Å²) >= 11 is 3.34. The molecule has 2 aromatic rings. The Labute approximate surface area is 114 Å². The standard InChI is InChI=1S/C14H12BrNO2/c15-12-7-4-8-13(9-12)16-14(17)18-10-11-5-2-1-3-6-11/h1-9H,10H2,(H,16,17). The van der Waals surface area contributed by atoms with Crippen molar-refractivity contribution in [1.82, 2.24) is 0 Å². The fraction of sp³-hybridized carbons (Fsp3) is 0.0714. The van der Waals surface area contributed by atoms with Crippen LogP contribution >= 0.6 is 15.9 Å². The van der Waals surface area contributed by atoms with Crippen LogP contribution in [0.1, 0.15) is 5.56 Å². The Bertz CT molecular complexity index is 528. The Morgan fingerprint density at radius 3 is 2.61 bits per heavy atom. The fourth-order valence-corrected chi connectivity index (χ4v) is 1.84. The molecule has 18 heavy (non-hydrogen) atoms. The highest BCUT2D eigenvalue weighted by molar-refractivity contribution is 9.10. The molecule has 0 bridgehead atoms. The van der Waals surface area contributed by atoms with Gasteiger partial charge >= 0.3 is 6.09 Å². The topological polar surface area (TPSA) is 38.3 Å². The van der Waals surface area contributed by atoms with Gasteiger partial charge in [-0.3, -0.25) is 5.32 Å². The average Bonchev–Trinajstić information content (AvgIpc) is 2.38. The number of hydrogen-bond donors (Lipinski definition) is 1. The molecule has 2 rings (SSSR count). The molecule has 0 saturated heterocycles. The van der Waals surface area contributed by atoms with Crippen molar-refractivity contribution >= 4 is 27.7 Å². The highest BCUT2D eigenvalue weighted by Gasteiger charge is 2.03. The van der Waals surface area contributed by atoms with E-state index >= 15 is 0 Å². The van der Waals surface area contributed by atoms with E-state index in [4.69, 9.17) is 4.74 Å². The first kappa shape index (κ1) is 12.6. The molecule has 0 unspecified atom stereocenters. The van der Waals surface area contributed by atoms with Gasteiger partial charge in [0.05, 0.1) is 0 Å². The van der Waals surface area contributed by atoms with Crippen LogP contribution in [0.2, 0.25) is 0 Å². The number of nitrogens with one attached hydrogen (secondary N) is 1. The van der Waals surface area contributed by atoms with Crippen molar-refractivity contribution in [2.24, 2.45) is 0 Å². The van der Waals surface area contributed by atoms with Gasteiger partial charge < -0.3 is 4.74 Å². The molecule has 0 saturated carbocycles. The monoisotopic (exact) mass is 305 g/mol. The maximum atomic E-state index is 11.5. The van der Waals surface area contributed by atoms with E-state index in [9.17, 15) is 4.79 Å². The summed E-state index contributed by atoms with van der Waals surface area (Å²) in [5, 5.41) is 2.66. The third kappa shape index (κ3) is 3.89. The molecule has 4 heteroatoms. The second-order valence-corrected chi connectivity index (χ2v) is 4.61. The van der Waals surface area contributed by atoms with Gasteiger partial charge in [-0.15, -0.1) is 0 Å². The molecule has 2 aromatic carbocycles. The van der Waals surface area contributed by atoms with Gasteiger partial charge in [0, 0.05) is 10.2 Å². The quantitative estimate of drug-likeness (QED) is 0.923. The Kier molecular flexibility index (Phi) is 4.36. The van der Waals surface area contributed by atoms with Crippen LogP contribution in [-0.4, -0.2) is 6.09 Å². The summed E-state index contributed by atoms with van der Waals surface area (Å²) in [6.07, 6.45) is -0.461. The van der Waals surface area contributed by atoms with Crippen LogP contribution < -0.4 is 5.32 Å². The third-order valence-corrected chi connectivity index (χ3v) is 2.78. The van der Waals surface area contributed by atoms with Crippen molar-refractivity contribution in [3.63, 3.8) is 0 Å². The van der Waals surface area contributed by atoms with Gasteiger partial charge in [-0.1, -0.05) is 52.3 Å². The fourth-order valence-electron chi connectivity index (χ4n) is 1.44. The Balaban J connectivity index is 1.86. The maximum absolute atomic E-state index is 11.5. The molecule has 1 amide bonds. The normalized spacial score (nSPS) is 9.83. The van der Waals surface area contributed by atoms with E-state index in [1.165, 1.54) is 0 Å². The van der Waals surface area contributed by atoms with Crippen molar-refractivity contribution in [2.75, 3.05) is 5.32 Å². The van der Waals surface area contributed by atoms with Crippen LogP contribution in [0.25, 0.3) is 0 Å². The number of amides is 1. The largest absolute Gasteiger partial charge is 0.444 e. The first-order chi connectivity index (χ1) is 8.74. The summed E-state index contributed by atoms with van der Waals surface area (Å²) < 4.78 is 6.01. The van der Waals surface area contributed by atoms with Crippen LogP contribution in [-0.2, 0) is 11.3 Å². The smallest absolute Gasteiger partial charge is 0.411 e. The predicted octanol–water partition coefficient (Wildman–Crippen LogP) is 4.20. The number of carbonyl (C=O) groups is 1. The zero-order chi connectivity index (χ0) is 12.8. The van der Waals surface area contributed by atoms with E-state index in [0.717, 1.165) is 10.0 Å². The molecule has 0 radical (unpaired) electrons. The lowest BCUT2D eigenvalue weighted by molar-refractivity contribution is 0.155. The number of hydrogen-bond acceptors (Lipinski definition) is 2. The predicted molar refractivity (Wildman–Crippen MR) is 74.4 cm³/mol. The number of rotatable bonds is 3. The zero-order valence-electron chi connectivity index (χ0n) is 9.60. The third-order valence-electron chi connectivity index (χ3n) is 2.28. The molecule has 92 valence electrons. The van der Waals surface area contributed by atoms with E-state index in [0.29, 0.717) is 5.69 Å². The summed E-state index contributed by atoms with van der Waals surface area (Å²) in [6.45, 7) is 0.265. The molecule has 0 aliphatic heterocycles. The second kappa shape index (κ2) is 6.21. The van der Waals surface area contributed by atoms with Crippen LogP contribution in [0.5, 0.6) is 0 Å². The molecule has 0 aliphatic carbocycles. The molecule has 0 aliphatic rings. The molecule has 1 N–H and O–H groups in total. The molecule has 0 spiro atoms. The first-order valence-electron chi connectivity index (χ1n) is 5.47. The zero-order valence-corrected chi connectivity index (χ0v) is 11.2. The first-order valence-corrected chi connectivity index (χ1v) is 6.26. The van der Waals surface area contributed by atoms with Crippen molar-refractivity contribution in [1.29, 1.82) is 0 Å². The Morgan fingerprint density at radius 1 is 1.11 bits per heavy atom. The number of benzene rings is 2. The van der Waals surface area contributed by atoms with Gasteiger partial charge in [-0.2, -0.15) is 0 Å². The molecule has 3 nitrogen and oxygen atoms in total. The van der Waals surface area contributed by atoms with Crippen molar-refractivity contribution < 1.29 is 9.53 Å². The molecule has 0 atom stereocenters. The highest BCUT2D eigenvalue weighted by atomic mass is 79.9. The SMILES string of the molecule is O=C(Nc1cccc(Br)c1)OCc1ccccc1. The minimum atomic E-state index is -0.461. The number of ether oxygens (including phenoxy) is 1. The molecule has 0 heterocycles. The van der Waals surface area contributed by atoms with E-state index in [1.54, 1.807) is 6.07 Å². The number of halogens is 1. The van der Waals surface area contributed by atoms with Gasteiger partial charge in [-0.05, 0) is 23.8 Å². The van der Waals surface area contributed by atoms with E-state index in [1.807, 2.05) is 48.5 Å². The lowest BCUT2D eigenvalue weighted by Crippen LogP contribution is -2.13.